The number of rotatable bonds is 6. The summed E-state index contributed by atoms with van der Waals surface area (Å²) in [5, 5.41) is 3.12. The second kappa shape index (κ2) is 8.97. The molecule has 1 aromatic carbocycles. The van der Waals surface area contributed by atoms with Crippen molar-refractivity contribution in [2.45, 2.75) is 43.6 Å². The summed E-state index contributed by atoms with van der Waals surface area (Å²) in [4.78, 5) is 17.2. The van der Waals surface area contributed by atoms with Crippen molar-refractivity contribution in [2.75, 3.05) is 18.1 Å². The Morgan fingerprint density at radius 2 is 1.94 bits per heavy atom. The standard InChI is InChI=1S/C21H21ClF4N4O3S/c1-34(32,33)29-16-6-7-30(20(16)31)19(21(24,25)26)12-3-5-17(27-10-12)28-13-8-11-2-4-15(22)18(23)14(11)9-13/h2-5,10,13,16,19,29H,6-9H2,1H3,(H,27,28)/t13?,16-,19?/m1/s1. The molecule has 13 heteroatoms. The fourth-order valence-electron chi connectivity index (χ4n) is 4.46. The number of nitrogens with one attached hydrogen (secondary N) is 2. The van der Waals surface area contributed by atoms with Crippen LogP contribution in [0.2, 0.25) is 5.02 Å². The van der Waals surface area contributed by atoms with Gasteiger partial charge in [0.15, 0.2) is 6.04 Å². The van der Waals surface area contributed by atoms with Gasteiger partial charge in [0.25, 0.3) is 0 Å². The number of halogens is 5. The van der Waals surface area contributed by atoms with E-state index in [1.807, 2.05) is 0 Å². The van der Waals surface area contributed by atoms with Gasteiger partial charge < -0.3 is 10.2 Å². The van der Waals surface area contributed by atoms with Crippen LogP contribution in [0.1, 0.15) is 29.2 Å². The molecule has 184 valence electrons. The zero-order chi connectivity index (χ0) is 24.8. The summed E-state index contributed by atoms with van der Waals surface area (Å²) in [6, 6.07) is 2.10. The molecule has 1 aliphatic heterocycles. The van der Waals surface area contributed by atoms with E-state index in [9.17, 15) is 30.8 Å². The molecule has 1 fully saturated rings. The van der Waals surface area contributed by atoms with Crippen LogP contribution in [-0.2, 0) is 27.7 Å². The van der Waals surface area contributed by atoms with Gasteiger partial charge in [-0.2, -0.15) is 13.2 Å². The Hall–Kier alpha value is -2.44. The first-order valence-corrected chi connectivity index (χ1v) is 12.6. The lowest BCUT2D eigenvalue weighted by molar-refractivity contribution is -0.189. The van der Waals surface area contributed by atoms with Gasteiger partial charge in [0, 0.05) is 24.3 Å². The normalized spacial score (nSPS) is 21.6. The average Bonchev–Trinajstić information content (AvgIpc) is 3.29. The van der Waals surface area contributed by atoms with Crippen molar-refractivity contribution in [3.63, 3.8) is 0 Å². The van der Waals surface area contributed by atoms with E-state index in [2.05, 4.69) is 15.0 Å². The van der Waals surface area contributed by atoms with Crippen LogP contribution < -0.4 is 10.0 Å². The quantitative estimate of drug-likeness (QED) is 0.571. The van der Waals surface area contributed by atoms with Crippen LogP contribution in [0.5, 0.6) is 0 Å². The van der Waals surface area contributed by atoms with Crippen LogP contribution >= 0.6 is 11.6 Å². The van der Waals surface area contributed by atoms with Crippen LogP contribution in [0.4, 0.5) is 23.4 Å². The number of hydrogen-bond acceptors (Lipinski definition) is 5. The van der Waals surface area contributed by atoms with Crippen LogP contribution in [0.3, 0.4) is 0 Å². The number of amides is 1. The van der Waals surface area contributed by atoms with Crippen molar-refractivity contribution in [1.82, 2.24) is 14.6 Å². The minimum Gasteiger partial charge on any atom is -0.367 e. The lowest BCUT2D eigenvalue weighted by Gasteiger charge is -2.30. The maximum Gasteiger partial charge on any atom is 0.413 e. The Morgan fingerprint density at radius 1 is 1.21 bits per heavy atom. The number of carbonyl (C=O) groups excluding carboxylic acids is 1. The van der Waals surface area contributed by atoms with Gasteiger partial charge in [0.1, 0.15) is 17.7 Å². The zero-order valence-electron chi connectivity index (χ0n) is 17.9. The van der Waals surface area contributed by atoms with Gasteiger partial charge in [0.05, 0.1) is 11.3 Å². The highest BCUT2D eigenvalue weighted by Crippen LogP contribution is 2.40. The number of carbonyl (C=O) groups is 1. The molecule has 7 nitrogen and oxygen atoms in total. The second-order valence-corrected chi connectivity index (χ2v) is 10.6. The third-order valence-corrected chi connectivity index (χ3v) is 6.89. The van der Waals surface area contributed by atoms with E-state index in [-0.39, 0.29) is 29.6 Å². The van der Waals surface area contributed by atoms with Crippen LogP contribution in [0, 0.1) is 5.82 Å². The van der Waals surface area contributed by atoms with Crippen molar-refractivity contribution in [2.24, 2.45) is 0 Å². The minimum absolute atomic E-state index is 0.0329. The molecule has 4 rings (SSSR count). The molecule has 2 aliphatic rings. The number of anilines is 1. The van der Waals surface area contributed by atoms with Gasteiger partial charge in [-0.3, -0.25) is 4.79 Å². The molecule has 2 unspecified atom stereocenters. The van der Waals surface area contributed by atoms with Gasteiger partial charge in [-0.25, -0.2) is 22.5 Å². The number of benzene rings is 1. The molecule has 3 atom stereocenters. The molecular weight excluding hydrogens is 500 g/mol. The van der Waals surface area contributed by atoms with E-state index in [1.165, 1.54) is 18.2 Å². The average molecular weight is 521 g/mol. The van der Waals surface area contributed by atoms with E-state index < -0.39 is 40.0 Å². The van der Waals surface area contributed by atoms with Crippen molar-refractivity contribution in [1.29, 1.82) is 0 Å². The van der Waals surface area contributed by atoms with E-state index in [0.717, 1.165) is 18.0 Å². The van der Waals surface area contributed by atoms with E-state index in [1.54, 1.807) is 6.07 Å². The SMILES string of the molecule is CS(=O)(=O)N[C@@H]1CCN(C(c2ccc(NC3Cc4ccc(Cl)c(F)c4C3)nc2)C(F)(F)F)C1=O. The van der Waals surface area contributed by atoms with Gasteiger partial charge in [0.2, 0.25) is 15.9 Å². The highest BCUT2D eigenvalue weighted by molar-refractivity contribution is 7.88. The number of pyridine rings is 1. The molecule has 2 heterocycles. The Morgan fingerprint density at radius 3 is 2.56 bits per heavy atom. The predicted octanol–water partition coefficient (Wildman–Crippen LogP) is 3.21. The summed E-state index contributed by atoms with van der Waals surface area (Å²) in [5.74, 6) is -1.11. The molecule has 2 aromatic rings. The molecule has 2 N–H and O–H groups in total. The van der Waals surface area contributed by atoms with E-state index in [0.29, 0.717) is 29.1 Å². The van der Waals surface area contributed by atoms with Crippen molar-refractivity contribution >= 4 is 33.3 Å². The molecule has 1 saturated heterocycles. The van der Waals surface area contributed by atoms with Gasteiger partial charge >= 0.3 is 6.18 Å². The van der Waals surface area contributed by atoms with Crippen molar-refractivity contribution < 1.29 is 30.8 Å². The molecule has 0 spiro atoms. The van der Waals surface area contributed by atoms with E-state index >= 15 is 0 Å². The number of alkyl halides is 3. The Balaban J connectivity index is 1.49. The first-order valence-electron chi connectivity index (χ1n) is 10.4. The van der Waals surface area contributed by atoms with Crippen molar-refractivity contribution in [3.8, 4) is 0 Å². The number of fused-ring (bicyclic) bond motifs is 1. The number of nitrogens with zero attached hydrogens (tertiary/aromatic N) is 2. The van der Waals surface area contributed by atoms with E-state index in [4.69, 9.17) is 11.6 Å². The highest BCUT2D eigenvalue weighted by atomic mass is 35.5. The van der Waals surface area contributed by atoms with Crippen LogP contribution in [0.25, 0.3) is 0 Å². The Kier molecular flexibility index (Phi) is 6.51. The molecule has 0 bridgehead atoms. The maximum absolute atomic E-state index is 14.2. The minimum atomic E-state index is -4.80. The lowest BCUT2D eigenvalue weighted by atomic mass is 10.1. The van der Waals surface area contributed by atoms with Gasteiger partial charge in [-0.1, -0.05) is 23.7 Å². The molecule has 34 heavy (non-hydrogen) atoms. The molecule has 1 aliphatic carbocycles. The lowest BCUT2D eigenvalue weighted by Crippen LogP contribution is -2.45. The van der Waals surface area contributed by atoms with Crippen molar-refractivity contribution in [3.05, 3.63) is 58.0 Å². The molecule has 0 saturated carbocycles. The topological polar surface area (TPSA) is 91.4 Å². The maximum atomic E-state index is 14.2. The number of likely N-dealkylation sites (tertiary alicyclic amines) is 1. The second-order valence-electron chi connectivity index (χ2n) is 8.43. The number of hydrogen-bond donors (Lipinski definition) is 2. The number of sulfonamides is 1. The summed E-state index contributed by atoms with van der Waals surface area (Å²) < 4.78 is 80.9. The summed E-state index contributed by atoms with van der Waals surface area (Å²) in [6.07, 6.45) is -2.14. The fraction of sp³-hybridized carbons (Fsp3) is 0.429. The number of aromatic nitrogens is 1. The Labute approximate surface area is 198 Å². The van der Waals surface area contributed by atoms with Gasteiger partial charge in [-0.05, 0) is 42.5 Å². The molecule has 1 aromatic heterocycles. The largest absolute Gasteiger partial charge is 0.413 e. The molecule has 0 radical (unpaired) electrons. The summed E-state index contributed by atoms with van der Waals surface area (Å²) >= 11 is 5.83. The zero-order valence-corrected chi connectivity index (χ0v) is 19.4. The van der Waals surface area contributed by atoms with Gasteiger partial charge in [-0.15, -0.1) is 0 Å². The third kappa shape index (κ3) is 5.13. The first-order chi connectivity index (χ1) is 15.8. The molecular formula is C21H21ClF4N4O3S. The van der Waals surface area contributed by atoms with Crippen LogP contribution in [-0.4, -0.2) is 55.3 Å². The van der Waals surface area contributed by atoms with Crippen LogP contribution in [0.15, 0.2) is 30.5 Å². The highest BCUT2D eigenvalue weighted by Gasteiger charge is 2.50. The summed E-state index contributed by atoms with van der Waals surface area (Å²) in [7, 11) is -3.76. The fourth-order valence-corrected chi connectivity index (χ4v) is 5.38. The third-order valence-electron chi connectivity index (χ3n) is 5.88. The summed E-state index contributed by atoms with van der Waals surface area (Å²) in [5.41, 5.74) is 1.06. The predicted molar refractivity (Wildman–Crippen MR) is 117 cm³/mol. The summed E-state index contributed by atoms with van der Waals surface area (Å²) in [6.45, 7) is -0.259. The first kappa shape index (κ1) is 24.7. The smallest absolute Gasteiger partial charge is 0.367 e. The Bertz CT molecular complexity index is 1210. The monoisotopic (exact) mass is 520 g/mol. The molecule has 1 amide bonds.